The maximum atomic E-state index is 13.7. The van der Waals surface area contributed by atoms with Crippen molar-refractivity contribution in [3.05, 3.63) is 51.2 Å². The zero-order chi connectivity index (χ0) is 18.1. The SMILES string of the molecule is COc1c(Br)cc(Cl)cc1S(=O)(=O)Nc1cccc(F)c1C(=O)O. The Morgan fingerprint density at radius 3 is 2.62 bits per heavy atom. The molecule has 0 saturated carbocycles. The van der Waals surface area contributed by atoms with Gasteiger partial charge in [0.15, 0.2) is 5.75 Å². The van der Waals surface area contributed by atoms with Crippen molar-refractivity contribution in [3.8, 4) is 5.75 Å². The van der Waals surface area contributed by atoms with Gasteiger partial charge in [-0.05, 0) is 40.2 Å². The van der Waals surface area contributed by atoms with Crippen LogP contribution in [-0.4, -0.2) is 26.6 Å². The molecule has 0 atom stereocenters. The maximum absolute atomic E-state index is 13.7. The Morgan fingerprint density at radius 1 is 1.38 bits per heavy atom. The summed E-state index contributed by atoms with van der Waals surface area (Å²) >= 11 is 8.99. The van der Waals surface area contributed by atoms with Gasteiger partial charge in [0, 0.05) is 5.02 Å². The van der Waals surface area contributed by atoms with Crippen molar-refractivity contribution in [3.63, 3.8) is 0 Å². The molecule has 0 amide bonds. The first-order valence-corrected chi connectivity index (χ1v) is 8.90. The number of halogens is 3. The second kappa shape index (κ2) is 6.96. The Labute approximate surface area is 150 Å². The van der Waals surface area contributed by atoms with Gasteiger partial charge in [-0.3, -0.25) is 4.72 Å². The number of carboxylic acid groups (broad SMARTS) is 1. The Hall–Kier alpha value is -1.84. The van der Waals surface area contributed by atoms with Gasteiger partial charge < -0.3 is 9.84 Å². The van der Waals surface area contributed by atoms with Crippen LogP contribution in [0.5, 0.6) is 5.75 Å². The van der Waals surface area contributed by atoms with E-state index in [4.69, 9.17) is 21.4 Å². The first-order chi connectivity index (χ1) is 11.2. The molecule has 2 aromatic rings. The second-order valence-corrected chi connectivity index (χ2v) is 7.43. The number of hydrogen-bond acceptors (Lipinski definition) is 4. The molecule has 24 heavy (non-hydrogen) atoms. The maximum Gasteiger partial charge on any atom is 0.340 e. The molecule has 6 nitrogen and oxygen atoms in total. The van der Waals surface area contributed by atoms with E-state index in [1.807, 2.05) is 4.72 Å². The van der Waals surface area contributed by atoms with Gasteiger partial charge in [0.05, 0.1) is 17.3 Å². The van der Waals surface area contributed by atoms with Crippen molar-refractivity contribution in [2.24, 2.45) is 0 Å². The monoisotopic (exact) mass is 437 g/mol. The van der Waals surface area contributed by atoms with Crippen LogP contribution in [0, 0.1) is 5.82 Å². The van der Waals surface area contributed by atoms with Crippen LogP contribution in [0.3, 0.4) is 0 Å². The first-order valence-electron chi connectivity index (χ1n) is 6.25. The van der Waals surface area contributed by atoms with Gasteiger partial charge in [-0.1, -0.05) is 17.7 Å². The van der Waals surface area contributed by atoms with Crippen molar-refractivity contribution in [2.45, 2.75) is 4.90 Å². The van der Waals surface area contributed by atoms with Gasteiger partial charge in [0.1, 0.15) is 16.3 Å². The lowest BCUT2D eigenvalue weighted by Crippen LogP contribution is -2.17. The number of anilines is 1. The molecule has 0 heterocycles. The summed E-state index contributed by atoms with van der Waals surface area (Å²) in [7, 11) is -3.03. The lowest BCUT2D eigenvalue weighted by atomic mass is 10.2. The van der Waals surface area contributed by atoms with E-state index in [-0.39, 0.29) is 20.1 Å². The van der Waals surface area contributed by atoms with Crippen LogP contribution in [-0.2, 0) is 10.0 Å². The molecule has 0 aromatic heterocycles. The van der Waals surface area contributed by atoms with Crippen molar-refractivity contribution >= 4 is 49.2 Å². The zero-order valence-electron chi connectivity index (χ0n) is 12.0. The molecule has 2 rings (SSSR count). The molecule has 2 aromatic carbocycles. The fourth-order valence-electron chi connectivity index (χ4n) is 1.96. The molecule has 0 bridgehead atoms. The average Bonchev–Trinajstić information content (AvgIpc) is 2.45. The highest BCUT2D eigenvalue weighted by atomic mass is 79.9. The Kier molecular flexibility index (Phi) is 5.36. The van der Waals surface area contributed by atoms with Gasteiger partial charge in [-0.2, -0.15) is 0 Å². The third-order valence-corrected chi connectivity index (χ3v) is 5.12. The van der Waals surface area contributed by atoms with E-state index in [0.717, 1.165) is 18.2 Å². The molecular weight excluding hydrogens is 429 g/mol. The van der Waals surface area contributed by atoms with E-state index in [2.05, 4.69) is 15.9 Å². The topological polar surface area (TPSA) is 92.7 Å². The number of rotatable bonds is 5. The van der Waals surface area contributed by atoms with Crippen LogP contribution in [0.15, 0.2) is 39.7 Å². The number of carboxylic acids is 1. The molecular formula is C14H10BrClFNO5S. The van der Waals surface area contributed by atoms with Crippen LogP contribution >= 0.6 is 27.5 Å². The quantitative estimate of drug-likeness (QED) is 0.742. The molecule has 0 aliphatic carbocycles. The number of sulfonamides is 1. The van der Waals surface area contributed by atoms with Gasteiger partial charge in [-0.15, -0.1) is 0 Å². The summed E-state index contributed by atoms with van der Waals surface area (Å²) in [6.45, 7) is 0. The normalized spacial score (nSPS) is 11.2. The number of methoxy groups -OCH3 is 1. The standard InChI is InChI=1S/C14H10BrClFNO5S/c1-23-13-8(15)5-7(16)6-11(13)24(21,22)18-10-4-2-3-9(17)12(10)14(19)20/h2-6,18H,1H3,(H,19,20). The minimum Gasteiger partial charge on any atom is -0.494 e. The average molecular weight is 439 g/mol. The molecule has 0 unspecified atom stereocenters. The van der Waals surface area contributed by atoms with E-state index < -0.39 is 33.1 Å². The first kappa shape index (κ1) is 18.5. The van der Waals surface area contributed by atoms with Gasteiger partial charge in [0.25, 0.3) is 10.0 Å². The zero-order valence-corrected chi connectivity index (χ0v) is 15.2. The fourth-order valence-corrected chi connectivity index (χ4v) is 4.42. The molecule has 0 saturated heterocycles. The Balaban J connectivity index is 2.59. The number of aromatic carboxylic acids is 1. The number of carbonyl (C=O) groups is 1. The number of benzene rings is 2. The van der Waals surface area contributed by atoms with E-state index in [9.17, 15) is 17.6 Å². The molecule has 0 aliphatic heterocycles. The summed E-state index contributed by atoms with van der Waals surface area (Å²) in [5.74, 6) is -2.70. The summed E-state index contributed by atoms with van der Waals surface area (Å²) in [6, 6.07) is 5.80. The van der Waals surface area contributed by atoms with Crippen LogP contribution in [0.25, 0.3) is 0 Å². The van der Waals surface area contributed by atoms with Crippen LogP contribution < -0.4 is 9.46 Å². The van der Waals surface area contributed by atoms with Crippen LogP contribution in [0.4, 0.5) is 10.1 Å². The molecule has 0 aliphatic rings. The minimum absolute atomic E-state index is 0.0276. The summed E-state index contributed by atoms with van der Waals surface area (Å²) in [5.41, 5.74) is -1.21. The third kappa shape index (κ3) is 3.63. The second-order valence-electron chi connectivity index (χ2n) is 4.49. The highest BCUT2D eigenvalue weighted by Crippen LogP contribution is 2.36. The van der Waals surface area contributed by atoms with E-state index in [1.54, 1.807) is 0 Å². The lowest BCUT2D eigenvalue weighted by molar-refractivity contribution is 0.0693. The third-order valence-electron chi connectivity index (χ3n) is 2.94. The minimum atomic E-state index is -4.29. The Bertz CT molecular complexity index is 920. The number of hydrogen-bond donors (Lipinski definition) is 2. The highest BCUT2D eigenvalue weighted by molar-refractivity contribution is 9.10. The van der Waals surface area contributed by atoms with E-state index >= 15 is 0 Å². The van der Waals surface area contributed by atoms with Crippen molar-refractivity contribution < 1.29 is 27.4 Å². The summed E-state index contributed by atoms with van der Waals surface area (Å²) in [5, 5.41) is 9.19. The Morgan fingerprint density at radius 2 is 2.04 bits per heavy atom. The molecule has 128 valence electrons. The summed E-state index contributed by atoms with van der Waals surface area (Å²) < 4.78 is 46.2. The van der Waals surface area contributed by atoms with E-state index in [0.29, 0.717) is 0 Å². The van der Waals surface area contributed by atoms with Crippen LogP contribution in [0.2, 0.25) is 5.02 Å². The predicted molar refractivity (Wildman–Crippen MR) is 89.9 cm³/mol. The van der Waals surface area contributed by atoms with Gasteiger partial charge in [-0.25, -0.2) is 17.6 Å². The summed E-state index contributed by atoms with van der Waals surface area (Å²) in [6.07, 6.45) is 0. The van der Waals surface area contributed by atoms with Crippen molar-refractivity contribution in [2.75, 3.05) is 11.8 Å². The predicted octanol–water partition coefficient (Wildman–Crippen LogP) is 3.75. The molecule has 0 fully saturated rings. The lowest BCUT2D eigenvalue weighted by Gasteiger charge is -2.14. The smallest absolute Gasteiger partial charge is 0.340 e. The molecule has 2 N–H and O–H groups in total. The van der Waals surface area contributed by atoms with E-state index in [1.165, 1.54) is 19.2 Å². The molecule has 0 radical (unpaired) electrons. The van der Waals surface area contributed by atoms with Gasteiger partial charge in [0.2, 0.25) is 0 Å². The highest BCUT2D eigenvalue weighted by Gasteiger charge is 2.25. The summed E-state index contributed by atoms with van der Waals surface area (Å²) in [4.78, 5) is 10.8. The van der Waals surface area contributed by atoms with Gasteiger partial charge >= 0.3 is 5.97 Å². The number of ether oxygens (including phenoxy) is 1. The molecule has 0 spiro atoms. The molecule has 10 heteroatoms. The van der Waals surface area contributed by atoms with Crippen molar-refractivity contribution in [1.29, 1.82) is 0 Å². The van der Waals surface area contributed by atoms with Crippen LogP contribution in [0.1, 0.15) is 10.4 Å². The fraction of sp³-hybridized carbons (Fsp3) is 0.0714. The largest absolute Gasteiger partial charge is 0.494 e. The van der Waals surface area contributed by atoms with Crippen molar-refractivity contribution in [1.82, 2.24) is 0 Å². The number of nitrogens with one attached hydrogen (secondary N) is 1.